The van der Waals surface area contributed by atoms with Crippen LogP contribution in [-0.2, 0) is 6.42 Å². The summed E-state index contributed by atoms with van der Waals surface area (Å²) in [5, 5.41) is 15.2. The summed E-state index contributed by atoms with van der Waals surface area (Å²) in [6.07, 6.45) is 3.17. The van der Waals surface area contributed by atoms with Crippen LogP contribution in [0.1, 0.15) is 69.6 Å². The van der Waals surface area contributed by atoms with Crippen LogP contribution in [0.5, 0.6) is 0 Å². The molecule has 2 N–H and O–H groups in total. The number of amides is 1. The molecule has 0 bridgehead atoms. The number of rotatable bonds is 4. The first-order chi connectivity index (χ1) is 15.5. The van der Waals surface area contributed by atoms with E-state index in [0.29, 0.717) is 31.0 Å². The van der Waals surface area contributed by atoms with Crippen LogP contribution in [0, 0.1) is 18.3 Å². The molecule has 3 aromatic rings. The molecular weight excluding hydrogens is 438 g/mol. The normalized spacial score (nSPS) is 19.5. The van der Waals surface area contributed by atoms with Crippen molar-refractivity contribution >= 4 is 23.1 Å². The second kappa shape index (κ2) is 8.59. The molecular formula is C24H33N5O3S. The summed E-state index contributed by atoms with van der Waals surface area (Å²) >= 11 is 1.66. The summed E-state index contributed by atoms with van der Waals surface area (Å²) in [6.45, 7) is 13.0. The number of fused-ring (bicyclic) bond motifs is 1. The minimum Gasteiger partial charge on any atom is -0.465 e. The summed E-state index contributed by atoms with van der Waals surface area (Å²) in [4.78, 5) is 35.0. The van der Waals surface area contributed by atoms with E-state index in [1.807, 2.05) is 11.4 Å². The summed E-state index contributed by atoms with van der Waals surface area (Å²) in [6, 6.07) is 1.47. The number of carbonyl (C=O) groups is 1. The van der Waals surface area contributed by atoms with Gasteiger partial charge in [0.05, 0.1) is 23.1 Å². The highest BCUT2D eigenvalue weighted by Gasteiger charge is 2.40. The van der Waals surface area contributed by atoms with Gasteiger partial charge in [0.15, 0.2) is 0 Å². The van der Waals surface area contributed by atoms with Gasteiger partial charge in [0.1, 0.15) is 10.7 Å². The lowest BCUT2D eigenvalue weighted by molar-refractivity contribution is 0.0518. The van der Waals surface area contributed by atoms with Crippen LogP contribution < -0.4 is 5.56 Å². The molecule has 4 heterocycles. The molecule has 8 nitrogen and oxygen atoms in total. The van der Waals surface area contributed by atoms with Gasteiger partial charge in [0, 0.05) is 29.4 Å². The predicted molar refractivity (Wildman–Crippen MR) is 130 cm³/mol. The maximum absolute atomic E-state index is 12.7. The van der Waals surface area contributed by atoms with Gasteiger partial charge in [-0.1, -0.05) is 34.6 Å². The van der Waals surface area contributed by atoms with Crippen LogP contribution in [0.25, 0.3) is 16.2 Å². The van der Waals surface area contributed by atoms with Crippen LogP contribution in [-0.4, -0.2) is 48.3 Å². The molecule has 1 aliphatic rings. The standard InChI is InChI=1S/C24H33N5O3S/c1-13(2)9-18-14(3)26-22(33-18)16-12-25-29-17(11-20(30)27-21(16)29)15-7-8-28(23(31)32)19(10-15)24(4,5)6/h11-13,15,19H,7-10H2,1-6H3,(H,27,30)(H,31,32). The van der Waals surface area contributed by atoms with E-state index in [2.05, 4.69) is 44.7 Å². The monoisotopic (exact) mass is 471 g/mol. The number of piperidine rings is 1. The first-order valence-corrected chi connectivity index (χ1v) is 12.3. The number of hydrogen-bond acceptors (Lipinski definition) is 5. The number of H-pyrrole nitrogens is 1. The number of thiazole rings is 1. The van der Waals surface area contributed by atoms with Crippen LogP contribution in [0.2, 0.25) is 0 Å². The Morgan fingerprint density at radius 2 is 2.09 bits per heavy atom. The number of carboxylic acid groups (broad SMARTS) is 1. The zero-order chi connectivity index (χ0) is 24.1. The zero-order valence-corrected chi connectivity index (χ0v) is 21.0. The molecule has 33 heavy (non-hydrogen) atoms. The highest BCUT2D eigenvalue weighted by molar-refractivity contribution is 7.15. The van der Waals surface area contributed by atoms with E-state index in [1.165, 1.54) is 4.88 Å². The van der Waals surface area contributed by atoms with Crippen molar-refractivity contribution in [3.8, 4) is 10.6 Å². The maximum Gasteiger partial charge on any atom is 0.407 e. The molecule has 4 rings (SSSR count). The van der Waals surface area contributed by atoms with Gasteiger partial charge < -0.3 is 15.0 Å². The van der Waals surface area contributed by atoms with Crippen LogP contribution >= 0.6 is 11.3 Å². The third-order valence-electron chi connectivity index (χ3n) is 6.52. The summed E-state index contributed by atoms with van der Waals surface area (Å²) in [5.41, 5.74) is 2.94. The molecule has 0 aliphatic carbocycles. The average molecular weight is 472 g/mol. The Balaban J connectivity index is 1.75. The lowest BCUT2D eigenvalue weighted by Gasteiger charge is -2.44. The molecule has 0 spiro atoms. The molecule has 1 amide bonds. The molecule has 0 saturated carbocycles. The number of nitrogens with one attached hydrogen (secondary N) is 1. The van der Waals surface area contributed by atoms with Crippen molar-refractivity contribution in [2.45, 2.75) is 72.8 Å². The van der Waals surface area contributed by atoms with Gasteiger partial charge in [-0.2, -0.15) is 5.10 Å². The minimum absolute atomic E-state index is 0.0388. The molecule has 3 aromatic heterocycles. The van der Waals surface area contributed by atoms with E-state index in [4.69, 9.17) is 4.98 Å². The topological polar surface area (TPSA) is 104 Å². The van der Waals surface area contributed by atoms with Crippen molar-refractivity contribution in [1.82, 2.24) is 24.5 Å². The van der Waals surface area contributed by atoms with Gasteiger partial charge >= 0.3 is 6.09 Å². The molecule has 2 unspecified atom stereocenters. The summed E-state index contributed by atoms with van der Waals surface area (Å²) in [7, 11) is 0. The number of aromatic nitrogens is 4. The third kappa shape index (κ3) is 4.55. The van der Waals surface area contributed by atoms with Crippen molar-refractivity contribution in [1.29, 1.82) is 0 Å². The number of nitrogens with zero attached hydrogens (tertiary/aromatic N) is 4. The smallest absolute Gasteiger partial charge is 0.407 e. The quantitative estimate of drug-likeness (QED) is 0.562. The van der Waals surface area contributed by atoms with Gasteiger partial charge in [-0.25, -0.2) is 14.3 Å². The molecule has 9 heteroatoms. The van der Waals surface area contributed by atoms with Crippen molar-refractivity contribution < 1.29 is 9.90 Å². The largest absolute Gasteiger partial charge is 0.465 e. The lowest BCUT2D eigenvalue weighted by Crippen LogP contribution is -2.51. The zero-order valence-electron chi connectivity index (χ0n) is 20.2. The SMILES string of the molecule is Cc1nc(-c2cnn3c(C4CCN(C(=O)O)C(C(C)(C)C)C4)cc(=O)[nH]c23)sc1CC(C)C. The van der Waals surface area contributed by atoms with E-state index in [-0.39, 0.29) is 22.9 Å². The Morgan fingerprint density at radius 3 is 2.73 bits per heavy atom. The van der Waals surface area contributed by atoms with Crippen LogP contribution in [0.4, 0.5) is 4.79 Å². The van der Waals surface area contributed by atoms with Gasteiger partial charge in [0.2, 0.25) is 0 Å². The fourth-order valence-corrected chi connectivity index (χ4v) is 6.13. The van der Waals surface area contributed by atoms with E-state index in [9.17, 15) is 14.7 Å². The number of aromatic amines is 1. The van der Waals surface area contributed by atoms with Crippen LogP contribution in [0.15, 0.2) is 17.1 Å². The fraction of sp³-hybridized carbons (Fsp3) is 0.583. The molecule has 0 radical (unpaired) electrons. The summed E-state index contributed by atoms with van der Waals surface area (Å²) in [5.74, 6) is 0.580. The number of likely N-dealkylation sites (tertiary alicyclic amines) is 1. The Labute approximate surface area is 197 Å². The second-order valence-corrected chi connectivity index (χ2v) is 11.7. The van der Waals surface area contributed by atoms with Gasteiger partial charge in [-0.05, 0) is 37.5 Å². The molecule has 0 aromatic carbocycles. The predicted octanol–water partition coefficient (Wildman–Crippen LogP) is 4.93. The minimum atomic E-state index is -0.887. The fourth-order valence-electron chi connectivity index (χ4n) is 4.85. The van der Waals surface area contributed by atoms with Gasteiger partial charge in [-0.15, -0.1) is 11.3 Å². The Morgan fingerprint density at radius 1 is 1.36 bits per heavy atom. The molecule has 1 saturated heterocycles. The van der Waals surface area contributed by atoms with Crippen molar-refractivity contribution in [3.63, 3.8) is 0 Å². The van der Waals surface area contributed by atoms with E-state index in [1.54, 1.807) is 28.5 Å². The average Bonchev–Trinajstić information content (AvgIpc) is 3.29. The Bertz CT molecular complexity index is 1230. The Kier molecular flexibility index (Phi) is 6.11. The highest BCUT2D eigenvalue weighted by Crippen LogP contribution is 2.39. The second-order valence-electron chi connectivity index (χ2n) is 10.6. The molecule has 1 aliphatic heterocycles. The van der Waals surface area contributed by atoms with Crippen molar-refractivity contribution in [2.24, 2.45) is 11.3 Å². The van der Waals surface area contributed by atoms with Crippen molar-refractivity contribution in [3.05, 3.63) is 38.9 Å². The number of hydrogen-bond donors (Lipinski definition) is 2. The molecule has 2 atom stereocenters. The third-order valence-corrected chi connectivity index (χ3v) is 7.73. The first kappa shape index (κ1) is 23.5. The van der Waals surface area contributed by atoms with E-state index in [0.717, 1.165) is 28.4 Å². The van der Waals surface area contributed by atoms with E-state index >= 15 is 0 Å². The van der Waals surface area contributed by atoms with E-state index < -0.39 is 6.09 Å². The maximum atomic E-state index is 12.7. The first-order valence-electron chi connectivity index (χ1n) is 11.5. The number of aryl methyl sites for hydroxylation is 1. The van der Waals surface area contributed by atoms with Gasteiger partial charge in [0.25, 0.3) is 5.56 Å². The highest BCUT2D eigenvalue weighted by atomic mass is 32.1. The summed E-state index contributed by atoms with van der Waals surface area (Å²) < 4.78 is 1.82. The Hall–Kier alpha value is -2.68. The van der Waals surface area contributed by atoms with Crippen LogP contribution in [0.3, 0.4) is 0 Å². The molecule has 1 fully saturated rings. The van der Waals surface area contributed by atoms with Crippen molar-refractivity contribution in [2.75, 3.05) is 6.54 Å². The lowest BCUT2D eigenvalue weighted by atomic mass is 9.76. The molecule has 178 valence electrons. The van der Waals surface area contributed by atoms with Gasteiger partial charge in [-0.3, -0.25) is 4.79 Å².